The number of carboxylic acid groups (broad SMARTS) is 3. The van der Waals surface area contributed by atoms with Crippen molar-refractivity contribution in [3.8, 4) is 11.7 Å². The van der Waals surface area contributed by atoms with Gasteiger partial charge in [-0.25, -0.2) is 14.4 Å². The predicted molar refractivity (Wildman–Crippen MR) is 174 cm³/mol. The Morgan fingerprint density at radius 2 is 1.36 bits per heavy atom. The second kappa shape index (κ2) is 23.7. The van der Waals surface area contributed by atoms with Crippen molar-refractivity contribution in [2.45, 2.75) is 115 Å². The minimum atomic E-state index is -1.64. The number of ether oxygens (including phenoxy) is 2. The van der Waals surface area contributed by atoms with Gasteiger partial charge in [0.2, 0.25) is 10.1 Å². The van der Waals surface area contributed by atoms with Crippen molar-refractivity contribution in [3.63, 3.8) is 0 Å². The molecule has 12 heteroatoms. The zero-order chi connectivity index (χ0) is 33.5. The fourth-order valence-electron chi connectivity index (χ4n) is 3.61. The van der Waals surface area contributed by atoms with Crippen molar-refractivity contribution in [2.24, 2.45) is 0 Å². The van der Waals surface area contributed by atoms with E-state index in [0.29, 0.717) is 23.3 Å². The van der Waals surface area contributed by atoms with Gasteiger partial charge in [-0.1, -0.05) is 112 Å². The molecule has 250 valence electrons. The lowest BCUT2D eigenvalue weighted by atomic mass is 10.1. The molecule has 0 aliphatic rings. The van der Waals surface area contributed by atoms with Gasteiger partial charge in [0.1, 0.15) is 5.75 Å². The summed E-state index contributed by atoms with van der Waals surface area (Å²) >= 11 is 15.8. The Kier molecular flexibility index (Phi) is 22.3. The van der Waals surface area contributed by atoms with Crippen LogP contribution in [0.15, 0.2) is 34.7 Å². The smallest absolute Gasteiger partial charge is 0.371 e. The predicted octanol–water partition coefficient (Wildman–Crippen LogP) is 9.82. The van der Waals surface area contributed by atoms with Crippen molar-refractivity contribution < 1.29 is 43.6 Å². The van der Waals surface area contributed by atoms with Crippen molar-refractivity contribution in [3.05, 3.63) is 46.7 Å². The molecule has 0 bridgehead atoms. The van der Waals surface area contributed by atoms with Gasteiger partial charge in [-0.3, -0.25) is 0 Å². The quantitative estimate of drug-likeness (QED) is 0.0975. The number of unbranched alkanes of at least 4 members (excludes halogenated alkanes) is 11. The monoisotopic (exact) mass is 680 g/mol. The van der Waals surface area contributed by atoms with Crippen LogP contribution in [0.5, 0.6) is 11.7 Å². The van der Waals surface area contributed by atoms with Crippen LogP contribution in [-0.4, -0.2) is 50.3 Å². The van der Waals surface area contributed by atoms with Crippen LogP contribution in [0.3, 0.4) is 0 Å². The molecule has 0 saturated carbocycles. The Morgan fingerprint density at radius 3 is 1.77 bits per heavy atom. The summed E-state index contributed by atoms with van der Waals surface area (Å²) in [5.41, 5.74) is 0.825. The Bertz CT molecular complexity index is 1100. The summed E-state index contributed by atoms with van der Waals surface area (Å²) in [6, 6.07) is 8.03. The highest BCUT2D eigenvalue weighted by atomic mass is 35.5. The molecule has 1 atom stereocenters. The Balaban J connectivity index is 0.000000741. The number of aryl methyl sites for hydroxylation is 1. The van der Waals surface area contributed by atoms with Gasteiger partial charge in [-0.05, 0) is 57.0 Å². The molecule has 3 N–H and O–H groups in total. The number of alkyl halides is 2. The van der Waals surface area contributed by atoms with Gasteiger partial charge in [0, 0.05) is 11.1 Å². The molecule has 0 saturated heterocycles. The van der Waals surface area contributed by atoms with Crippen LogP contribution in [0.4, 0.5) is 0 Å². The molecule has 1 aromatic carbocycles. The van der Waals surface area contributed by atoms with Gasteiger partial charge in [0.05, 0.1) is 6.61 Å². The van der Waals surface area contributed by atoms with Crippen LogP contribution in [0.2, 0.25) is 5.02 Å². The highest BCUT2D eigenvalue weighted by molar-refractivity contribution is 6.56. The van der Waals surface area contributed by atoms with E-state index in [1.54, 1.807) is 24.3 Å². The van der Waals surface area contributed by atoms with E-state index in [9.17, 15) is 14.4 Å². The molecule has 2 aromatic rings. The second-order valence-corrected chi connectivity index (χ2v) is 12.5. The van der Waals surface area contributed by atoms with E-state index in [0.717, 1.165) is 18.4 Å². The third kappa shape index (κ3) is 21.1. The van der Waals surface area contributed by atoms with Gasteiger partial charge in [-0.15, -0.1) is 0 Å². The highest BCUT2D eigenvalue weighted by Crippen LogP contribution is 2.23. The average Bonchev–Trinajstić information content (AvgIpc) is 3.42. The maximum atomic E-state index is 10.7. The number of aromatic carboxylic acids is 1. The number of benzene rings is 1. The molecule has 0 aliphatic heterocycles. The topological polar surface area (TPSA) is 144 Å². The Hall–Kier alpha value is -2.62. The van der Waals surface area contributed by atoms with Gasteiger partial charge in [0.15, 0.2) is 6.10 Å². The lowest BCUT2D eigenvalue weighted by molar-refractivity contribution is -0.144. The van der Waals surface area contributed by atoms with Gasteiger partial charge in [-0.2, -0.15) is 0 Å². The summed E-state index contributed by atoms with van der Waals surface area (Å²) in [7, 11) is 0. The first-order valence-electron chi connectivity index (χ1n) is 14.9. The Labute approximate surface area is 275 Å². The molecule has 9 nitrogen and oxygen atoms in total. The van der Waals surface area contributed by atoms with Crippen molar-refractivity contribution >= 4 is 52.7 Å². The lowest BCUT2D eigenvalue weighted by Crippen LogP contribution is -2.23. The Morgan fingerprint density at radius 1 is 0.864 bits per heavy atom. The van der Waals surface area contributed by atoms with E-state index in [-0.39, 0.29) is 5.76 Å². The third-order valence-electron chi connectivity index (χ3n) is 6.20. The van der Waals surface area contributed by atoms with Gasteiger partial charge < -0.3 is 29.2 Å². The van der Waals surface area contributed by atoms with E-state index in [1.807, 2.05) is 6.92 Å². The van der Waals surface area contributed by atoms with Crippen molar-refractivity contribution in [1.82, 2.24) is 0 Å². The van der Waals surface area contributed by atoms with E-state index >= 15 is 0 Å². The minimum absolute atomic E-state index is 0.0744. The number of hydrogen-bond acceptors (Lipinski definition) is 6. The van der Waals surface area contributed by atoms with Crippen LogP contribution in [0.1, 0.15) is 114 Å². The first kappa shape index (κ1) is 41.4. The number of carboxylic acids is 3. The summed E-state index contributed by atoms with van der Waals surface area (Å²) in [5.74, 6) is -2.51. The van der Waals surface area contributed by atoms with E-state index in [1.165, 1.54) is 84.1 Å². The SMILES string of the molecule is CC(Cl)(Cl)C(=O)O.CCCCCCCCCCCCCCOc1ccc(C(=O)O)o1.Cc1cc(Cl)ccc1OC(C)C(=O)O. The molecule has 1 heterocycles. The maximum Gasteiger partial charge on any atom is 0.371 e. The summed E-state index contributed by atoms with van der Waals surface area (Å²) in [6.07, 6.45) is 14.9. The maximum absolute atomic E-state index is 10.7. The molecule has 0 amide bonds. The summed E-state index contributed by atoms with van der Waals surface area (Å²) in [5, 5.41) is 26.0. The fourth-order valence-corrected chi connectivity index (χ4v) is 3.84. The van der Waals surface area contributed by atoms with Crippen LogP contribution in [-0.2, 0) is 9.59 Å². The number of hydrogen-bond donors (Lipinski definition) is 3. The van der Waals surface area contributed by atoms with E-state index in [2.05, 4.69) is 6.92 Å². The van der Waals surface area contributed by atoms with Gasteiger partial charge in [0.25, 0.3) is 5.95 Å². The number of carbonyl (C=O) groups is 3. The summed E-state index contributed by atoms with van der Waals surface area (Å²) in [4.78, 5) is 30.9. The number of rotatable bonds is 19. The minimum Gasteiger partial charge on any atom is -0.479 e. The molecule has 0 aliphatic carbocycles. The lowest BCUT2D eigenvalue weighted by Gasteiger charge is -2.12. The first-order chi connectivity index (χ1) is 20.7. The van der Waals surface area contributed by atoms with E-state index < -0.39 is 28.3 Å². The summed E-state index contributed by atoms with van der Waals surface area (Å²) in [6.45, 7) is 7.33. The molecule has 2 rings (SSSR count). The van der Waals surface area contributed by atoms with Crippen molar-refractivity contribution in [1.29, 1.82) is 0 Å². The van der Waals surface area contributed by atoms with Crippen LogP contribution in [0.25, 0.3) is 0 Å². The molecule has 0 fully saturated rings. The van der Waals surface area contributed by atoms with E-state index in [4.69, 9.17) is 64.0 Å². The largest absolute Gasteiger partial charge is 0.479 e. The second-order valence-electron chi connectivity index (χ2n) is 10.4. The molecule has 0 radical (unpaired) electrons. The van der Waals surface area contributed by atoms with Crippen molar-refractivity contribution in [2.75, 3.05) is 6.61 Å². The highest BCUT2D eigenvalue weighted by Gasteiger charge is 2.25. The zero-order valence-corrected chi connectivity index (χ0v) is 28.3. The molecular formula is C32H47Cl3O9. The van der Waals surface area contributed by atoms with Gasteiger partial charge >= 0.3 is 17.9 Å². The van der Waals surface area contributed by atoms with Crippen LogP contribution >= 0.6 is 34.8 Å². The third-order valence-corrected chi connectivity index (χ3v) is 6.76. The molecule has 0 spiro atoms. The zero-order valence-electron chi connectivity index (χ0n) is 26.1. The molecule has 1 aromatic heterocycles. The van der Waals surface area contributed by atoms with Crippen LogP contribution < -0.4 is 9.47 Å². The number of aliphatic carboxylic acids is 2. The standard InChI is InChI=1S/C19H32O4.C10H11ClO3.C3H4Cl2O2/c1-2-3-4-5-6-7-8-9-10-11-12-13-16-22-18-15-14-17(23-18)19(20)21;1-6-5-8(11)3-4-9(6)14-7(2)10(12)13;1-3(4,5)2(6)7/h14-15H,2-13,16H2,1H3,(H,20,21);3-5,7H,1-2H3,(H,12,13);1H3,(H,6,7). The molecule has 1 unspecified atom stereocenters. The average molecular weight is 682 g/mol. The normalized spacial score (nSPS) is 11.3. The van der Waals surface area contributed by atoms with Crippen LogP contribution in [0, 0.1) is 6.92 Å². The number of furan rings is 1. The number of halogens is 3. The first-order valence-corrected chi connectivity index (χ1v) is 16.0. The molecular weight excluding hydrogens is 635 g/mol. The summed E-state index contributed by atoms with van der Waals surface area (Å²) < 4.78 is 14.0. The molecule has 44 heavy (non-hydrogen) atoms. The fraction of sp³-hybridized carbons (Fsp3) is 0.594.